The normalized spacial score (nSPS) is 12.6. The number of nitrogens with one attached hydrogen (secondary N) is 2. The Kier molecular flexibility index (Phi) is 7.99. The molecule has 138 valence electrons. The van der Waals surface area contributed by atoms with Gasteiger partial charge in [-0.15, -0.1) is 11.3 Å². The number of nitrogens with zero attached hydrogens (tertiary/aromatic N) is 2. The molecule has 0 saturated heterocycles. The average Bonchev–Trinajstić information content (AvgIpc) is 3.04. The highest BCUT2D eigenvalue weighted by Gasteiger charge is 2.17. The molecule has 1 atom stereocenters. The molecule has 0 aliphatic carbocycles. The number of hydrogen-bond acceptors (Lipinski definition) is 5. The number of rotatable bonds is 10. The highest BCUT2D eigenvalue weighted by atomic mass is 35.5. The molecule has 8 heteroatoms. The lowest BCUT2D eigenvalue weighted by atomic mass is 10.0. The standard InChI is InChI=1S/C17H23ClF2N4S/c1-3-5-11(9-21-8-4-2)13-10-25-17(22-13)24-14-7-6-12(18)15(23-14)16(19)20/h6-7,10-11,16,21H,3-5,8-9H2,1-2H3,(H,22,23,24). The first kappa shape index (κ1) is 20.0. The maximum Gasteiger partial charge on any atom is 0.281 e. The molecule has 2 aromatic heterocycles. The zero-order chi connectivity index (χ0) is 18.2. The van der Waals surface area contributed by atoms with Crippen molar-refractivity contribution in [2.75, 3.05) is 18.4 Å². The van der Waals surface area contributed by atoms with Gasteiger partial charge in [0.15, 0.2) is 5.13 Å². The maximum atomic E-state index is 12.9. The van der Waals surface area contributed by atoms with Crippen molar-refractivity contribution in [1.29, 1.82) is 0 Å². The molecule has 0 amide bonds. The smallest absolute Gasteiger partial charge is 0.281 e. The second-order valence-corrected chi connectivity index (χ2v) is 7.02. The van der Waals surface area contributed by atoms with Crippen LogP contribution in [0.5, 0.6) is 0 Å². The highest BCUT2D eigenvalue weighted by molar-refractivity contribution is 7.13. The number of pyridine rings is 1. The molecule has 2 N–H and O–H groups in total. The number of aromatic nitrogens is 2. The third-order valence-corrected chi connectivity index (χ3v) is 4.81. The maximum absolute atomic E-state index is 12.9. The minimum absolute atomic E-state index is 0.0367. The van der Waals surface area contributed by atoms with Crippen molar-refractivity contribution in [3.8, 4) is 0 Å². The van der Waals surface area contributed by atoms with Gasteiger partial charge in [0, 0.05) is 17.8 Å². The van der Waals surface area contributed by atoms with Crippen LogP contribution < -0.4 is 10.6 Å². The van der Waals surface area contributed by atoms with Crippen LogP contribution in [0.3, 0.4) is 0 Å². The van der Waals surface area contributed by atoms with Gasteiger partial charge in [-0.05, 0) is 31.5 Å². The zero-order valence-electron chi connectivity index (χ0n) is 14.4. The van der Waals surface area contributed by atoms with Crippen molar-refractivity contribution >= 4 is 33.9 Å². The topological polar surface area (TPSA) is 49.8 Å². The largest absolute Gasteiger partial charge is 0.316 e. The number of hydrogen-bond donors (Lipinski definition) is 2. The first-order chi connectivity index (χ1) is 12.0. The Bertz CT molecular complexity index is 666. The van der Waals surface area contributed by atoms with Gasteiger partial charge in [-0.3, -0.25) is 0 Å². The van der Waals surface area contributed by atoms with Gasteiger partial charge in [-0.1, -0.05) is 31.9 Å². The van der Waals surface area contributed by atoms with E-state index in [9.17, 15) is 8.78 Å². The van der Waals surface area contributed by atoms with E-state index >= 15 is 0 Å². The number of alkyl halides is 2. The van der Waals surface area contributed by atoms with E-state index in [1.165, 1.54) is 17.4 Å². The van der Waals surface area contributed by atoms with Gasteiger partial charge in [-0.25, -0.2) is 18.7 Å². The Morgan fingerprint density at radius 2 is 2.00 bits per heavy atom. The van der Waals surface area contributed by atoms with Crippen molar-refractivity contribution in [2.45, 2.75) is 45.5 Å². The summed E-state index contributed by atoms with van der Waals surface area (Å²) in [7, 11) is 0. The van der Waals surface area contributed by atoms with Crippen LogP contribution in [0.25, 0.3) is 0 Å². The van der Waals surface area contributed by atoms with Crippen molar-refractivity contribution in [1.82, 2.24) is 15.3 Å². The number of halogens is 3. The first-order valence-electron chi connectivity index (χ1n) is 8.42. The summed E-state index contributed by atoms with van der Waals surface area (Å²) in [6, 6.07) is 2.99. The summed E-state index contributed by atoms with van der Waals surface area (Å²) in [6.45, 7) is 6.17. The number of anilines is 2. The van der Waals surface area contributed by atoms with E-state index < -0.39 is 12.1 Å². The average molecular weight is 389 g/mol. The van der Waals surface area contributed by atoms with Gasteiger partial charge in [0.2, 0.25) is 0 Å². The summed E-state index contributed by atoms with van der Waals surface area (Å²) in [5.74, 6) is 0.662. The predicted octanol–water partition coefficient (Wildman–Crippen LogP) is 5.76. The Labute approximate surface area is 156 Å². The van der Waals surface area contributed by atoms with E-state index in [0.29, 0.717) is 16.9 Å². The summed E-state index contributed by atoms with van der Waals surface area (Å²) >= 11 is 7.19. The Morgan fingerprint density at radius 3 is 2.68 bits per heavy atom. The van der Waals surface area contributed by atoms with Crippen molar-refractivity contribution in [3.05, 3.63) is 33.9 Å². The highest BCUT2D eigenvalue weighted by Crippen LogP contribution is 2.30. The molecule has 0 bridgehead atoms. The molecule has 0 fully saturated rings. The van der Waals surface area contributed by atoms with Gasteiger partial charge >= 0.3 is 0 Å². The van der Waals surface area contributed by atoms with Crippen LogP contribution in [0.15, 0.2) is 17.5 Å². The van der Waals surface area contributed by atoms with Crippen LogP contribution in [0, 0.1) is 0 Å². The summed E-state index contributed by atoms with van der Waals surface area (Å²) in [5, 5.41) is 9.05. The predicted molar refractivity (Wildman–Crippen MR) is 100 cm³/mol. The van der Waals surface area contributed by atoms with Crippen molar-refractivity contribution < 1.29 is 8.78 Å². The van der Waals surface area contributed by atoms with Gasteiger partial charge in [0.1, 0.15) is 11.5 Å². The molecule has 4 nitrogen and oxygen atoms in total. The second kappa shape index (κ2) is 9.99. The minimum atomic E-state index is -2.71. The third-order valence-electron chi connectivity index (χ3n) is 3.71. The van der Waals surface area contributed by atoms with E-state index in [0.717, 1.165) is 38.0 Å². The van der Waals surface area contributed by atoms with E-state index in [1.54, 1.807) is 6.07 Å². The molecule has 25 heavy (non-hydrogen) atoms. The fourth-order valence-electron chi connectivity index (χ4n) is 2.48. The van der Waals surface area contributed by atoms with Crippen LogP contribution in [0.4, 0.5) is 19.7 Å². The minimum Gasteiger partial charge on any atom is -0.316 e. The summed E-state index contributed by atoms with van der Waals surface area (Å²) in [5.41, 5.74) is 0.595. The lowest BCUT2D eigenvalue weighted by molar-refractivity contribution is 0.146. The van der Waals surface area contributed by atoms with Crippen molar-refractivity contribution in [2.24, 2.45) is 0 Å². The van der Waals surface area contributed by atoms with Gasteiger partial charge in [0.25, 0.3) is 6.43 Å². The fourth-order valence-corrected chi connectivity index (χ4v) is 3.46. The Balaban J connectivity index is 2.08. The summed E-state index contributed by atoms with van der Waals surface area (Å²) < 4.78 is 25.8. The zero-order valence-corrected chi connectivity index (χ0v) is 15.9. The lowest BCUT2D eigenvalue weighted by Crippen LogP contribution is -2.22. The molecule has 0 aliphatic heterocycles. The monoisotopic (exact) mass is 388 g/mol. The van der Waals surface area contributed by atoms with Crippen LogP contribution in [-0.4, -0.2) is 23.1 Å². The molecule has 0 radical (unpaired) electrons. The van der Waals surface area contributed by atoms with Crippen LogP contribution in [-0.2, 0) is 0 Å². The molecular weight excluding hydrogens is 366 g/mol. The summed E-state index contributed by atoms with van der Waals surface area (Å²) in [4.78, 5) is 8.49. The molecule has 0 aliphatic rings. The second-order valence-electron chi connectivity index (χ2n) is 5.76. The molecule has 1 unspecified atom stereocenters. The SMILES string of the molecule is CCCNCC(CCC)c1csc(Nc2ccc(Cl)c(C(F)F)n2)n1. The molecule has 0 aromatic carbocycles. The van der Waals surface area contributed by atoms with Crippen LogP contribution in [0.1, 0.15) is 56.8 Å². The molecule has 2 rings (SSSR count). The molecule has 0 spiro atoms. The fraction of sp³-hybridized carbons (Fsp3) is 0.529. The van der Waals surface area contributed by atoms with Gasteiger partial charge in [0.05, 0.1) is 10.7 Å². The molecule has 2 heterocycles. The van der Waals surface area contributed by atoms with E-state index in [1.807, 2.05) is 5.38 Å². The molecular formula is C17H23ClF2N4S. The van der Waals surface area contributed by atoms with Gasteiger partial charge < -0.3 is 10.6 Å². The third kappa shape index (κ3) is 5.87. The number of thiazole rings is 1. The quantitative estimate of drug-likeness (QED) is 0.508. The van der Waals surface area contributed by atoms with Gasteiger partial charge in [-0.2, -0.15) is 0 Å². The first-order valence-corrected chi connectivity index (χ1v) is 9.68. The molecule has 0 saturated carbocycles. The summed E-state index contributed by atoms with van der Waals surface area (Å²) in [6.07, 6.45) is 0.515. The van der Waals surface area contributed by atoms with E-state index in [4.69, 9.17) is 11.6 Å². The lowest BCUT2D eigenvalue weighted by Gasteiger charge is -2.14. The van der Waals surface area contributed by atoms with E-state index in [-0.39, 0.29) is 5.02 Å². The Hall–Kier alpha value is -1.31. The van der Waals surface area contributed by atoms with Crippen LogP contribution in [0.2, 0.25) is 5.02 Å². The molecule has 2 aromatic rings. The van der Waals surface area contributed by atoms with E-state index in [2.05, 4.69) is 34.4 Å². The Morgan fingerprint density at radius 1 is 1.20 bits per heavy atom. The van der Waals surface area contributed by atoms with Crippen LogP contribution >= 0.6 is 22.9 Å². The van der Waals surface area contributed by atoms with Crippen molar-refractivity contribution in [3.63, 3.8) is 0 Å².